The Hall–Kier alpha value is -1.14. The van der Waals surface area contributed by atoms with E-state index in [4.69, 9.17) is 5.73 Å². The first-order chi connectivity index (χ1) is 8.99. The van der Waals surface area contributed by atoms with Crippen LogP contribution in [0.5, 0.6) is 0 Å². The summed E-state index contributed by atoms with van der Waals surface area (Å²) in [7, 11) is 1.93. The molecule has 1 aromatic carbocycles. The minimum absolute atomic E-state index is 0.145. The summed E-state index contributed by atoms with van der Waals surface area (Å²) in [5, 5.41) is 11.2. The zero-order valence-electron chi connectivity index (χ0n) is 10.9. The Morgan fingerprint density at radius 3 is 2.58 bits per heavy atom. The summed E-state index contributed by atoms with van der Waals surface area (Å²) in [6, 6.07) is 5.81. The van der Waals surface area contributed by atoms with Gasteiger partial charge in [0.1, 0.15) is 5.69 Å². The van der Waals surface area contributed by atoms with E-state index in [1.807, 2.05) is 18.0 Å². The van der Waals surface area contributed by atoms with Gasteiger partial charge in [-0.3, -0.25) is 10.1 Å². The number of nitrogens with zero attached hydrogens (tertiary/aromatic N) is 2. The molecular formula is C13H18BrN3O2. The molecule has 2 rings (SSSR count). The normalized spacial score (nSPS) is 23.1. The van der Waals surface area contributed by atoms with E-state index in [9.17, 15) is 10.1 Å². The van der Waals surface area contributed by atoms with Gasteiger partial charge in [-0.1, -0.05) is 15.9 Å². The predicted molar refractivity (Wildman–Crippen MR) is 79.4 cm³/mol. The molecule has 1 aliphatic carbocycles. The van der Waals surface area contributed by atoms with Gasteiger partial charge >= 0.3 is 0 Å². The molecule has 1 aliphatic rings. The number of nitro groups is 1. The summed E-state index contributed by atoms with van der Waals surface area (Å²) < 4.78 is 0.724. The Kier molecular flexibility index (Phi) is 4.42. The van der Waals surface area contributed by atoms with Gasteiger partial charge in [0.2, 0.25) is 0 Å². The Labute approximate surface area is 121 Å². The highest BCUT2D eigenvalue weighted by Crippen LogP contribution is 2.34. The topological polar surface area (TPSA) is 72.4 Å². The number of rotatable bonds is 3. The maximum Gasteiger partial charge on any atom is 0.293 e. The summed E-state index contributed by atoms with van der Waals surface area (Å²) in [6.45, 7) is 0. The minimum Gasteiger partial charge on any atom is -0.366 e. The van der Waals surface area contributed by atoms with Crippen molar-refractivity contribution in [1.82, 2.24) is 0 Å². The number of anilines is 1. The maximum absolute atomic E-state index is 11.2. The molecule has 1 fully saturated rings. The highest BCUT2D eigenvalue weighted by atomic mass is 79.9. The number of nitrogens with two attached hydrogens (primary N) is 1. The SMILES string of the molecule is CN(c1ccc(Br)cc1[N+](=O)[O-])C1CCC(N)CC1. The van der Waals surface area contributed by atoms with E-state index in [0.717, 1.165) is 30.2 Å². The molecule has 19 heavy (non-hydrogen) atoms. The lowest BCUT2D eigenvalue weighted by molar-refractivity contribution is -0.384. The summed E-state index contributed by atoms with van der Waals surface area (Å²) in [5.74, 6) is 0. The van der Waals surface area contributed by atoms with E-state index < -0.39 is 0 Å². The molecule has 0 aromatic heterocycles. The summed E-state index contributed by atoms with van der Waals surface area (Å²) in [5.41, 5.74) is 6.72. The van der Waals surface area contributed by atoms with Gasteiger partial charge in [-0.2, -0.15) is 0 Å². The minimum atomic E-state index is -0.328. The molecule has 0 heterocycles. The molecule has 0 saturated heterocycles. The molecule has 0 bridgehead atoms. The van der Waals surface area contributed by atoms with Crippen LogP contribution in [-0.4, -0.2) is 24.1 Å². The summed E-state index contributed by atoms with van der Waals surface area (Å²) in [6.07, 6.45) is 3.95. The standard InChI is InChI=1S/C13H18BrN3O2/c1-16(11-5-3-10(15)4-6-11)12-7-2-9(14)8-13(12)17(18)19/h2,7-8,10-11H,3-6,15H2,1H3. The Morgan fingerprint density at radius 1 is 1.37 bits per heavy atom. The van der Waals surface area contributed by atoms with Crippen LogP contribution in [0.25, 0.3) is 0 Å². The van der Waals surface area contributed by atoms with Crippen LogP contribution in [0.4, 0.5) is 11.4 Å². The number of benzene rings is 1. The van der Waals surface area contributed by atoms with Gasteiger partial charge in [-0.25, -0.2) is 0 Å². The average molecular weight is 328 g/mol. The fraction of sp³-hybridized carbons (Fsp3) is 0.538. The van der Waals surface area contributed by atoms with Gasteiger partial charge in [-0.05, 0) is 37.8 Å². The quantitative estimate of drug-likeness (QED) is 0.684. The van der Waals surface area contributed by atoms with E-state index >= 15 is 0 Å². The van der Waals surface area contributed by atoms with Crippen molar-refractivity contribution in [2.75, 3.05) is 11.9 Å². The smallest absolute Gasteiger partial charge is 0.293 e. The van der Waals surface area contributed by atoms with Gasteiger partial charge in [0.05, 0.1) is 4.92 Å². The molecule has 0 unspecified atom stereocenters. The first-order valence-electron chi connectivity index (χ1n) is 6.41. The predicted octanol–water partition coefficient (Wildman–Crippen LogP) is 3.06. The molecule has 5 nitrogen and oxygen atoms in total. The largest absolute Gasteiger partial charge is 0.366 e. The third kappa shape index (κ3) is 3.25. The summed E-state index contributed by atoms with van der Waals surface area (Å²) >= 11 is 3.28. The van der Waals surface area contributed by atoms with Crippen LogP contribution in [0.1, 0.15) is 25.7 Å². The van der Waals surface area contributed by atoms with Crippen LogP contribution in [0.3, 0.4) is 0 Å². The van der Waals surface area contributed by atoms with E-state index in [2.05, 4.69) is 15.9 Å². The molecule has 0 aliphatic heterocycles. The summed E-state index contributed by atoms with van der Waals surface area (Å²) in [4.78, 5) is 12.8. The third-order valence-corrected chi connectivity index (χ3v) is 4.30. The molecule has 104 valence electrons. The van der Waals surface area contributed by atoms with Crippen molar-refractivity contribution in [3.8, 4) is 0 Å². The van der Waals surface area contributed by atoms with E-state index in [1.54, 1.807) is 12.1 Å². The first-order valence-corrected chi connectivity index (χ1v) is 7.20. The van der Waals surface area contributed by atoms with Crippen molar-refractivity contribution in [2.24, 2.45) is 5.73 Å². The highest BCUT2D eigenvalue weighted by molar-refractivity contribution is 9.10. The molecular weight excluding hydrogens is 310 g/mol. The van der Waals surface area contributed by atoms with Gasteiger partial charge in [0, 0.05) is 29.7 Å². The second-order valence-electron chi connectivity index (χ2n) is 5.07. The Bertz CT molecular complexity index is 473. The lowest BCUT2D eigenvalue weighted by atomic mass is 9.90. The van der Waals surface area contributed by atoms with E-state index in [1.165, 1.54) is 0 Å². The Balaban J connectivity index is 2.23. The zero-order chi connectivity index (χ0) is 14.0. The molecule has 2 N–H and O–H groups in total. The van der Waals surface area contributed by atoms with Gasteiger partial charge in [-0.15, -0.1) is 0 Å². The Morgan fingerprint density at radius 2 is 2.00 bits per heavy atom. The van der Waals surface area contributed by atoms with Crippen molar-refractivity contribution in [3.05, 3.63) is 32.8 Å². The second kappa shape index (κ2) is 5.88. The second-order valence-corrected chi connectivity index (χ2v) is 5.99. The highest BCUT2D eigenvalue weighted by Gasteiger charge is 2.26. The fourth-order valence-electron chi connectivity index (χ4n) is 2.63. The molecule has 0 spiro atoms. The molecule has 1 aromatic rings. The van der Waals surface area contributed by atoms with E-state index in [0.29, 0.717) is 11.7 Å². The van der Waals surface area contributed by atoms with Gasteiger partial charge in [0.25, 0.3) is 5.69 Å². The molecule has 0 atom stereocenters. The lowest BCUT2D eigenvalue weighted by Crippen LogP contribution is -2.39. The number of nitro benzene ring substituents is 1. The monoisotopic (exact) mass is 327 g/mol. The van der Waals surface area contributed by atoms with Gasteiger partial charge in [0.15, 0.2) is 0 Å². The molecule has 0 radical (unpaired) electrons. The van der Waals surface area contributed by atoms with Crippen LogP contribution in [0.2, 0.25) is 0 Å². The van der Waals surface area contributed by atoms with Crippen LogP contribution in [-0.2, 0) is 0 Å². The molecule has 0 amide bonds. The third-order valence-electron chi connectivity index (χ3n) is 3.80. The van der Waals surface area contributed by atoms with Gasteiger partial charge < -0.3 is 10.6 Å². The van der Waals surface area contributed by atoms with Crippen molar-refractivity contribution >= 4 is 27.3 Å². The maximum atomic E-state index is 11.2. The number of hydrogen-bond acceptors (Lipinski definition) is 4. The van der Waals surface area contributed by atoms with Crippen molar-refractivity contribution in [3.63, 3.8) is 0 Å². The van der Waals surface area contributed by atoms with Crippen molar-refractivity contribution < 1.29 is 4.92 Å². The first kappa shape index (κ1) is 14.3. The van der Waals surface area contributed by atoms with E-state index in [-0.39, 0.29) is 16.7 Å². The van der Waals surface area contributed by atoms with Crippen LogP contribution >= 0.6 is 15.9 Å². The number of hydrogen-bond donors (Lipinski definition) is 1. The average Bonchev–Trinajstić information content (AvgIpc) is 2.38. The van der Waals surface area contributed by atoms with Crippen molar-refractivity contribution in [2.45, 2.75) is 37.8 Å². The van der Waals surface area contributed by atoms with Crippen LogP contribution in [0.15, 0.2) is 22.7 Å². The molecule has 1 saturated carbocycles. The van der Waals surface area contributed by atoms with Crippen LogP contribution in [0, 0.1) is 10.1 Å². The van der Waals surface area contributed by atoms with Crippen molar-refractivity contribution in [1.29, 1.82) is 0 Å². The lowest BCUT2D eigenvalue weighted by Gasteiger charge is -2.34. The number of halogens is 1. The van der Waals surface area contributed by atoms with Crippen LogP contribution < -0.4 is 10.6 Å². The zero-order valence-corrected chi connectivity index (χ0v) is 12.5. The fourth-order valence-corrected chi connectivity index (χ4v) is 2.98. The molecule has 6 heteroatoms.